The molecule has 0 bridgehead atoms. The van der Waals surface area contributed by atoms with Crippen LogP contribution in [-0.4, -0.2) is 10.9 Å². The Hall–Kier alpha value is -2.49. The molecule has 20 heavy (non-hydrogen) atoms. The number of hydrogen-bond donors (Lipinski definition) is 2. The van der Waals surface area contributed by atoms with E-state index in [0.29, 0.717) is 22.9 Å². The van der Waals surface area contributed by atoms with Crippen LogP contribution in [0, 0.1) is 13.8 Å². The monoisotopic (exact) mass is 271 g/mol. The zero-order valence-electron chi connectivity index (χ0n) is 11.7. The first kappa shape index (κ1) is 13.9. The Morgan fingerprint density at radius 2 is 2.00 bits per heavy atom. The lowest BCUT2D eigenvalue weighted by Gasteiger charge is -2.09. The number of carbonyl (C=O) groups is 1. The maximum absolute atomic E-state index is 11.9. The summed E-state index contributed by atoms with van der Waals surface area (Å²) >= 11 is 0. The summed E-state index contributed by atoms with van der Waals surface area (Å²) < 4.78 is 5.27. The van der Waals surface area contributed by atoms with Crippen LogP contribution in [0.2, 0.25) is 0 Å². The first-order valence-electron chi connectivity index (χ1n) is 6.31. The van der Waals surface area contributed by atoms with Gasteiger partial charge < -0.3 is 14.8 Å². The number of aryl methyl sites for hydroxylation is 2. The van der Waals surface area contributed by atoms with Gasteiger partial charge in [-0.2, -0.15) is 0 Å². The lowest BCUT2D eigenvalue weighted by atomic mass is 10.2. The summed E-state index contributed by atoms with van der Waals surface area (Å²) in [5.74, 6) is 0.931. The summed E-state index contributed by atoms with van der Waals surface area (Å²) in [6, 6.07) is 8.63. The molecule has 0 aliphatic rings. The molecule has 0 radical (unpaired) electrons. The van der Waals surface area contributed by atoms with Gasteiger partial charge in [0.05, 0.1) is 5.69 Å². The fourth-order valence-electron chi connectivity index (χ4n) is 1.83. The lowest BCUT2D eigenvalue weighted by Crippen LogP contribution is -2.01. The van der Waals surface area contributed by atoms with Gasteiger partial charge >= 0.3 is 0 Å². The first-order chi connectivity index (χ1) is 9.45. The molecule has 1 aromatic carbocycles. The number of aromatic hydroxyl groups is 1. The van der Waals surface area contributed by atoms with E-state index in [2.05, 4.69) is 5.32 Å². The highest BCUT2D eigenvalue weighted by atomic mass is 16.3. The third-order valence-corrected chi connectivity index (χ3v) is 2.81. The summed E-state index contributed by atoms with van der Waals surface area (Å²) in [7, 11) is 0. The van der Waals surface area contributed by atoms with Gasteiger partial charge in [0.2, 0.25) is 5.78 Å². The Bertz CT molecular complexity index is 668. The molecule has 1 heterocycles. The summed E-state index contributed by atoms with van der Waals surface area (Å²) in [6.45, 7) is 5.48. The minimum atomic E-state index is -0.213. The number of ketones is 1. The van der Waals surface area contributed by atoms with E-state index in [1.807, 2.05) is 19.1 Å². The predicted octanol–water partition coefficient (Wildman–Crippen LogP) is 3.80. The van der Waals surface area contributed by atoms with Gasteiger partial charge in [-0.1, -0.05) is 6.07 Å². The van der Waals surface area contributed by atoms with Crippen LogP contribution in [0.1, 0.15) is 28.8 Å². The van der Waals surface area contributed by atoms with Gasteiger partial charge in [0.1, 0.15) is 11.5 Å². The number of nitrogens with one attached hydrogen (secondary N) is 1. The topological polar surface area (TPSA) is 62.5 Å². The van der Waals surface area contributed by atoms with Crippen molar-refractivity contribution < 1.29 is 14.3 Å². The number of benzene rings is 1. The Morgan fingerprint density at radius 3 is 2.65 bits per heavy atom. The lowest BCUT2D eigenvalue weighted by molar-refractivity contribution is 0.102. The third-order valence-electron chi connectivity index (χ3n) is 2.81. The van der Waals surface area contributed by atoms with Crippen LogP contribution in [0.3, 0.4) is 0 Å². The fourth-order valence-corrected chi connectivity index (χ4v) is 1.83. The van der Waals surface area contributed by atoms with Gasteiger partial charge in [-0.25, -0.2) is 0 Å². The minimum Gasteiger partial charge on any atom is -0.506 e. The van der Waals surface area contributed by atoms with E-state index >= 15 is 0 Å². The smallest absolute Gasteiger partial charge is 0.222 e. The van der Waals surface area contributed by atoms with Crippen LogP contribution in [-0.2, 0) is 0 Å². The molecule has 1 aromatic heterocycles. The maximum Gasteiger partial charge on any atom is 0.222 e. The van der Waals surface area contributed by atoms with Gasteiger partial charge in [0.25, 0.3) is 0 Å². The molecule has 0 fully saturated rings. The van der Waals surface area contributed by atoms with Crippen LogP contribution in [0.15, 0.2) is 46.5 Å². The SMILES string of the molecule is CC(=CC(=O)c1ccc(C)o1)Nc1cc(C)ccc1O. The van der Waals surface area contributed by atoms with E-state index in [1.165, 1.54) is 6.08 Å². The van der Waals surface area contributed by atoms with Gasteiger partial charge in [0, 0.05) is 11.8 Å². The standard InChI is InChI=1S/C16H17NO3/c1-10-4-6-14(18)13(8-10)17-11(2)9-15(19)16-7-5-12(3)20-16/h4-9,17-18H,1-3H3. The van der Waals surface area contributed by atoms with E-state index in [1.54, 1.807) is 32.0 Å². The molecule has 0 saturated carbocycles. The summed E-state index contributed by atoms with van der Waals surface area (Å²) in [5.41, 5.74) is 2.22. The fraction of sp³-hybridized carbons (Fsp3) is 0.188. The molecule has 0 aliphatic heterocycles. The second-order valence-electron chi connectivity index (χ2n) is 4.75. The van der Waals surface area contributed by atoms with E-state index in [9.17, 15) is 9.90 Å². The highest BCUT2D eigenvalue weighted by molar-refractivity contribution is 6.03. The Morgan fingerprint density at radius 1 is 1.25 bits per heavy atom. The quantitative estimate of drug-likeness (QED) is 0.504. The van der Waals surface area contributed by atoms with Crippen LogP contribution in [0.5, 0.6) is 5.75 Å². The Labute approximate surface area is 117 Å². The number of furan rings is 1. The normalized spacial score (nSPS) is 11.4. The molecular weight excluding hydrogens is 254 g/mol. The van der Waals surface area contributed by atoms with Crippen LogP contribution < -0.4 is 5.32 Å². The molecule has 2 N–H and O–H groups in total. The van der Waals surface area contributed by atoms with Crippen molar-refractivity contribution in [2.45, 2.75) is 20.8 Å². The second kappa shape index (κ2) is 5.65. The molecule has 104 valence electrons. The zero-order chi connectivity index (χ0) is 14.7. The van der Waals surface area contributed by atoms with E-state index in [-0.39, 0.29) is 11.5 Å². The average molecular weight is 271 g/mol. The third kappa shape index (κ3) is 3.29. The largest absolute Gasteiger partial charge is 0.506 e. The van der Waals surface area contributed by atoms with E-state index in [0.717, 1.165) is 5.56 Å². The van der Waals surface area contributed by atoms with Crippen molar-refractivity contribution in [3.63, 3.8) is 0 Å². The number of phenolic OH excluding ortho intramolecular Hbond substituents is 1. The number of carbonyl (C=O) groups excluding carboxylic acids is 1. The van der Waals surface area contributed by atoms with Crippen LogP contribution in [0.25, 0.3) is 0 Å². The molecule has 4 heteroatoms. The maximum atomic E-state index is 11.9. The van der Waals surface area contributed by atoms with Crippen LogP contribution in [0.4, 0.5) is 5.69 Å². The van der Waals surface area contributed by atoms with Crippen molar-refractivity contribution in [3.8, 4) is 5.75 Å². The van der Waals surface area contributed by atoms with E-state index < -0.39 is 0 Å². The molecule has 0 amide bonds. The average Bonchev–Trinajstić information content (AvgIpc) is 2.80. The molecule has 2 rings (SSSR count). The van der Waals surface area contributed by atoms with Crippen molar-refractivity contribution in [1.29, 1.82) is 0 Å². The number of phenols is 1. The van der Waals surface area contributed by atoms with Crippen molar-refractivity contribution >= 4 is 11.5 Å². The van der Waals surface area contributed by atoms with Crippen molar-refractivity contribution in [1.82, 2.24) is 0 Å². The molecular formula is C16H17NO3. The van der Waals surface area contributed by atoms with Crippen molar-refractivity contribution in [2.75, 3.05) is 5.32 Å². The van der Waals surface area contributed by atoms with Crippen molar-refractivity contribution in [3.05, 3.63) is 59.2 Å². The van der Waals surface area contributed by atoms with Gasteiger partial charge in [0.15, 0.2) is 5.76 Å². The minimum absolute atomic E-state index is 0.143. The van der Waals surface area contributed by atoms with Crippen LogP contribution >= 0.6 is 0 Å². The number of hydrogen-bond acceptors (Lipinski definition) is 4. The summed E-state index contributed by atoms with van der Waals surface area (Å²) in [6.07, 6.45) is 1.44. The summed E-state index contributed by atoms with van der Waals surface area (Å²) in [4.78, 5) is 11.9. The molecule has 0 saturated heterocycles. The highest BCUT2D eigenvalue weighted by Gasteiger charge is 2.08. The first-order valence-corrected chi connectivity index (χ1v) is 6.31. The second-order valence-corrected chi connectivity index (χ2v) is 4.75. The molecule has 0 aliphatic carbocycles. The molecule has 4 nitrogen and oxygen atoms in total. The summed E-state index contributed by atoms with van der Waals surface area (Å²) in [5, 5.41) is 12.8. The molecule has 0 spiro atoms. The van der Waals surface area contributed by atoms with E-state index in [4.69, 9.17) is 4.42 Å². The molecule has 0 unspecified atom stereocenters. The van der Waals surface area contributed by atoms with Crippen molar-refractivity contribution in [2.24, 2.45) is 0 Å². The number of anilines is 1. The van der Waals surface area contributed by atoms with Gasteiger partial charge in [-0.15, -0.1) is 0 Å². The molecule has 0 atom stereocenters. The Kier molecular flexibility index (Phi) is 3.94. The Balaban J connectivity index is 2.15. The molecule has 2 aromatic rings. The predicted molar refractivity (Wildman–Crippen MR) is 78.0 cm³/mol. The van der Waals surface area contributed by atoms with Gasteiger partial charge in [-0.05, 0) is 50.6 Å². The number of rotatable bonds is 4. The number of allylic oxidation sites excluding steroid dienone is 2. The van der Waals surface area contributed by atoms with Gasteiger partial charge in [-0.3, -0.25) is 4.79 Å². The highest BCUT2D eigenvalue weighted by Crippen LogP contribution is 2.25. The zero-order valence-corrected chi connectivity index (χ0v) is 11.7.